The summed E-state index contributed by atoms with van der Waals surface area (Å²) < 4.78 is 0. The van der Waals surface area contributed by atoms with Crippen molar-refractivity contribution in [1.82, 2.24) is 10.2 Å². The maximum atomic E-state index is 11.2. The van der Waals surface area contributed by atoms with Crippen LogP contribution in [0.15, 0.2) is 0 Å². The molecule has 1 aromatic rings. The number of nitrogens with one attached hydrogen (secondary N) is 1. The van der Waals surface area contributed by atoms with Crippen molar-refractivity contribution in [2.45, 2.75) is 26.7 Å². The number of anilines is 1. The fourth-order valence-corrected chi connectivity index (χ4v) is 1.83. The molecule has 18 heavy (non-hydrogen) atoms. The molecule has 0 bridgehead atoms. The Hall–Kier alpha value is -1.69. The summed E-state index contributed by atoms with van der Waals surface area (Å²) >= 11 is 0. The number of aliphatic hydroxyl groups excluding tert-OH is 1. The van der Waals surface area contributed by atoms with Crippen molar-refractivity contribution in [3.63, 3.8) is 0 Å². The van der Waals surface area contributed by atoms with Crippen molar-refractivity contribution in [3.05, 3.63) is 16.8 Å². The van der Waals surface area contributed by atoms with Gasteiger partial charge in [0.15, 0.2) is 5.82 Å². The van der Waals surface area contributed by atoms with Crippen LogP contribution in [-0.4, -0.2) is 39.5 Å². The van der Waals surface area contributed by atoms with Gasteiger partial charge in [0.1, 0.15) is 5.56 Å². The minimum atomic E-state index is -1.01. The zero-order valence-electron chi connectivity index (χ0n) is 10.5. The van der Waals surface area contributed by atoms with E-state index in [2.05, 4.69) is 15.5 Å². The third-order valence-electron chi connectivity index (χ3n) is 3.59. The first-order chi connectivity index (χ1) is 8.49. The second kappa shape index (κ2) is 4.53. The van der Waals surface area contributed by atoms with E-state index in [1.165, 1.54) is 0 Å². The van der Waals surface area contributed by atoms with Gasteiger partial charge in [0.05, 0.1) is 12.3 Å². The Bertz CT molecular complexity index is 484. The van der Waals surface area contributed by atoms with E-state index in [0.717, 1.165) is 12.8 Å². The van der Waals surface area contributed by atoms with Crippen molar-refractivity contribution >= 4 is 11.8 Å². The molecule has 0 radical (unpaired) electrons. The summed E-state index contributed by atoms with van der Waals surface area (Å²) in [6.07, 6.45) is 1.91. The van der Waals surface area contributed by atoms with Crippen LogP contribution in [0.4, 0.5) is 5.82 Å². The molecule has 3 N–H and O–H groups in total. The fourth-order valence-electron chi connectivity index (χ4n) is 1.83. The monoisotopic (exact) mass is 251 g/mol. The Morgan fingerprint density at radius 3 is 2.56 bits per heavy atom. The lowest BCUT2D eigenvalue weighted by Gasteiger charge is -2.15. The second-order valence-electron chi connectivity index (χ2n) is 4.95. The molecule has 0 atom stereocenters. The zero-order chi connectivity index (χ0) is 13.3. The van der Waals surface area contributed by atoms with Crippen molar-refractivity contribution in [1.29, 1.82) is 0 Å². The molecule has 6 nitrogen and oxygen atoms in total. The highest BCUT2D eigenvalue weighted by Crippen LogP contribution is 2.44. The number of aliphatic hydroxyl groups is 1. The largest absolute Gasteiger partial charge is 0.478 e. The number of hydrogen-bond acceptors (Lipinski definition) is 5. The van der Waals surface area contributed by atoms with Crippen LogP contribution in [0, 0.1) is 19.3 Å². The molecule has 1 aliphatic carbocycles. The Kier molecular flexibility index (Phi) is 3.21. The van der Waals surface area contributed by atoms with Crippen molar-refractivity contribution < 1.29 is 15.0 Å². The van der Waals surface area contributed by atoms with Crippen molar-refractivity contribution in [2.75, 3.05) is 18.5 Å². The van der Waals surface area contributed by atoms with Gasteiger partial charge in [0.2, 0.25) is 0 Å². The van der Waals surface area contributed by atoms with Crippen LogP contribution in [-0.2, 0) is 0 Å². The number of carbonyl (C=O) groups is 1. The highest BCUT2D eigenvalue weighted by Gasteiger charge is 2.42. The van der Waals surface area contributed by atoms with E-state index in [1.807, 2.05) is 0 Å². The van der Waals surface area contributed by atoms with E-state index < -0.39 is 5.97 Å². The third kappa shape index (κ3) is 2.28. The number of carboxylic acid groups (broad SMARTS) is 1. The summed E-state index contributed by atoms with van der Waals surface area (Å²) in [5.74, 6) is -0.729. The zero-order valence-corrected chi connectivity index (χ0v) is 10.5. The van der Waals surface area contributed by atoms with Gasteiger partial charge in [0.25, 0.3) is 0 Å². The number of aromatic carboxylic acids is 1. The van der Waals surface area contributed by atoms with E-state index >= 15 is 0 Å². The lowest BCUT2D eigenvalue weighted by atomic mass is 10.1. The van der Waals surface area contributed by atoms with Crippen LogP contribution in [0.5, 0.6) is 0 Å². The van der Waals surface area contributed by atoms with Gasteiger partial charge in [-0.25, -0.2) is 4.79 Å². The van der Waals surface area contributed by atoms with E-state index in [-0.39, 0.29) is 23.4 Å². The second-order valence-corrected chi connectivity index (χ2v) is 4.95. The lowest BCUT2D eigenvalue weighted by Crippen LogP contribution is -2.22. The number of aryl methyl sites for hydroxylation is 1. The van der Waals surface area contributed by atoms with E-state index in [1.54, 1.807) is 13.8 Å². The molecule has 1 heterocycles. The molecular formula is C12H17N3O3. The summed E-state index contributed by atoms with van der Waals surface area (Å²) in [5, 5.41) is 29.3. The minimum Gasteiger partial charge on any atom is -0.478 e. The molecule has 2 rings (SSSR count). The minimum absolute atomic E-state index is 0.101. The molecule has 1 saturated carbocycles. The molecular weight excluding hydrogens is 234 g/mol. The lowest BCUT2D eigenvalue weighted by molar-refractivity contribution is 0.0696. The topological polar surface area (TPSA) is 95.3 Å². The summed E-state index contributed by atoms with van der Waals surface area (Å²) in [6, 6.07) is 0. The number of carboxylic acids is 1. The predicted octanol–water partition coefficient (Wildman–Crippen LogP) is 0.976. The highest BCUT2D eigenvalue weighted by atomic mass is 16.4. The molecule has 0 saturated heterocycles. The third-order valence-corrected chi connectivity index (χ3v) is 3.59. The summed E-state index contributed by atoms with van der Waals surface area (Å²) in [5.41, 5.74) is 1.29. The van der Waals surface area contributed by atoms with Gasteiger partial charge in [-0.1, -0.05) is 0 Å². The number of hydrogen-bond donors (Lipinski definition) is 3. The van der Waals surface area contributed by atoms with Crippen molar-refractivity contribution in [2.24, 2.45) is 5.41 Å². The first kappa shape index (κ1) is 12.8. The van der Waals surface area contributed by atoms with Crippen LogP contribution >= 0.6 is 0 Å². The molecule has 0 aromatic carbocycles. The summed E-state index contributed by atoms with van der Waals surface area (Å²) in [7, 11) is 0. The smallest absolute Gasteiger partial charge is 0.339 e. The van der Waals surface area contributed by atoms with E-state index in [0.29, 0.717) is 17.8 Å². The molecule has 0 spiro atoms. The molecule has 0 unspecified atom stereocenters. The summed E-state index contributed by atoms with van der Waals surface area (Å²) in [6.45, 7) is 4.09. The first-order valence-electron chi connectivity index (χ1n) is 5.91. The highest BCUT2D eigenvalue weighted by molar-refractivity contribution is 5.94. The van der Waals surface area contributed by atoms with Gasteiger partial charge < -0.3 is 15.5 Å². The maximum absolute atomic E-state index is 11.2. The van der Waals surface area contributed by atoms with Gasteiger partial charge >= 0.3 is 5.97 Å². The first-order valence-corrected chi connectivity index (χ1v) is 5.91. The summed E-state index contributed by atoms with van der Waals surface area (Å²) in [4.78, 5) is 11.2. The van der Waals surface area contributed by atoms with Crippen LogP contribution in [0.25, 0.3) is 0 Å². The van der Waals surface area contributed by atoms with E-state index in [4.69, 9.17) is 0 Å². The van der Waals surface area contributed by atoms with Crippen LogP contribution in [0.1, 0.15) is 34.5 Å². The van der Waals surface area contributed by atoms with Gasteiger partial charge in [-0.3, -0.25) is 0 Å². The molecule has 1 aliphatic rings. The number of rotatable bonds is 5. The Labute approximate surface area is 105 Å². The fraction of sp³-hybridized carbons (Fsp3) is 0.583. The van der Waals surface area contributed by atoms with Gasteiger partial charge in [-0.15, -0.1) is 5.10 Å². The molecule has 98 valence electrons. The standard InChI is InChI=1S/C12H17N3O3/c1-7-8(2)14-15-10(9(7)11(17)18)13-5-12(6-16)3-4-12/h16H,3-6H2,1-2H3,(H,13,15)(H,17,18). The quantitative estimate of drug-likeness (QED) is 0.722. The Balaban J connectivity index is 2.22. The average molecular weight is 251 g/mol. The van der Waals surface area contributed by atoms with Gasteiger partial charge in [-0.2, -0.15) is 5.10 Å². The normalized spacial score (nSPS) is 16.4. The number of nitrogens with zero attached hydrogens (tertiary/aromatic N) is 2. The van der Waals surface area contributed by atoms with Crippen molar-refractivity contribution in [3.8, 4) is 0 Å². The Morgan fingerprint density at radius 2 is 2.06 bits per heavy atom. The van der Waals surface area contributed by atoms with Gasteiger partial charge in [0, 0.05) is 12.0 Å². The maximum Gasteiger partial charge on any atom is 0.339 e. The number of aromatic nitrogens is 2. The van der Waals surface area contributed by atoms with Crippen LogP contribution in [0.3, 0.4) is 0 Å². The van der Waals surface area contributed by atoms with Crippen LogP contribution < -0.4 is 5.32 Å². The molecule has 0 aliphatic heterocycles. The van der Waals surface area contributed by atoms with Crippen LogP contribution in [0.2, 0.25) is 0 Å². The Morgan fingerprint density at radius 1 is 1.39 bits per heavy atom. The SMILES string of the molecule is Cc1nnc(NCC2(CO)CC2)c(C(=O)O)c1C. The van der Waals surface area contributed by atoms with E-state index in [9.17, 15) is 15.0 Å². The van der Waals surface area contributed by atoms with Gasteiger partial charge in [-0.05, 0) is 32.3 Å². The molecule has 6 heteroatoms. The molecule has 0 amide bonds. The molecule has 1 aromatic heterocycles. The average Bonchev–Trinajstić information content (AvgIpc) is 3.11. The molecule has 1 fully saturated rings. The predicted molar refractivity (Wildman–Crippen MR) is 65.7 cm³/mol.